The standard InChI is InChI=1S/C48H58N12O8S2/c49-40(61)23-34-46(66)56-43(27-9-2-1-3-10-27)48(68)59-25-29(60-26-35(57-58-60)37-15-16-39(70-37)38-14-8-20-69-38)22-36(59)47(67)55-33(21-28-24-52-31-12-5-4-11-30(28)31)45(65)54-32(44(50)64)13-6-7-19-51-41(62)17-18-42(63)53-34/h4-5,8,11-12,14-16,20,24,26-27,29,32-34,36,43,52H,1-3,6-7,9-10,13,17-19,21-23,25H2,(H2,49,61)(H2,50,64)(H,51,62)(H,53,63)(H,54,65)(H,55,67)(H,56,66)/t29-,32-,33-,34?,36-,43-/m0/s1. The Morgan fingerprint density at radius 3 is 2.29 bits per heavy atom. The molecule has 2 aliphatic heterocycles. The molecule has 6 heterocycles. The molecule has 6 atom stereocenters. The molecule has 70 heavy (non-hydrogen) atoms. The van der Waals surface area contributed by atoms with E-state index in [0.717, 1.165) is 44.8 Å². The van der Waals surface area contributed by atoms with Crippen molar-refractivity contribution in [2.24, 2.45) is 17.4 Å². The summed E-state index contributed by atoms with van der Waals surface area (Å²) in [7, 11) is 0. The summed E-state index contributed by atoms with van der Waals surface area (Å²) in [4.78, 5) is 118. The summed E-state index contributed by atoms with van der Waals surface area (Å²) in [5, 5.41) is 25.6. The predicted molar refractivity (Wildman–Crippen MR) is 261 cm³/mol. The van der Waals surface area contributed by atoms with Crippen LogP contribution in [0.2, 0.25) is 0 Å². The topological polar surface area (TPSA) is 298 Å². The lowest BCUT2D eigenvalue weighted by Crippen LogP contribution is -2.60. The molecule has 10 N–H and O–H groups in total. The first-order valence-corrected chi connectivity index (χ1v) is 25.5. The molecule has 3 fully saturated rings. The van der Waals surface area contributed by atoms with E-state index in [1.165, 1.54) is 4.90 Å². The number of hydrogen-bond acceptors (Lipinski definition) is 12. The van der Waals surface area contributed by atoms with Crippen LogP contribution >= 0.6 is 22.7 Å². The zero-order chi connectivity index (χ0) is 49.3. The number of carbonyl (C=O) groups is 8. The van der Waals surface area contributed by atoms with Gasteiger partial charge in [0.1, 0.15) is 35.9 Å². The van der Waals surface area contributed by atoms with E-state index in [1.54, 1.807) is 39.7 Å². The van der Waals surface area contributed by atoms with E-state index in [4.69, 9.17) is 11.5 Å². The van der Waals surface area contributed by atoms with Gasteiger partial charge < -0.3 is 47.9 Å². The molecule has 3 aliphatic rings. The quantitative estimate of drug-likeness (QED) is 0.107. The van der Waals surface area contributed by atoms with Gasteiger partial charge in [0.25, 0.3) is 0 Å². The minimum absolute atomic E-state index is 0.00235. The number of fused-ring (bicyclic) bond motifs is 2. The van der Waals surface area contributed by atoms with Crippen molar-refractivity contribution in [3.05, 3.63) is 71.9 Å². The van der Waals surface area contributed by atoms with E-state index < -0.39 is 89.9 Å². The Balaban J connectivity index is 1.15. The van der Waals surface area contributed by atoms with Crippen LogP contribution in [0, 0.1) is 5.92 Å². The van der Waals surface area contributed by atoms with Gasteiger partial charge in [-0.1, -0.05) is 48.7 Å². The summed E-state index contributed by atoms with van der Waals surface area (Å²) in [5.74, 6) is -5.91. The highest BCUT2D eigenvalue weighted by molar-refractivity contribution is 7.23. The van der Waals surface area contributed by atoms with Crippen molar-refractivity contribution in [1.29, 1.82) is 0 Å². The number of amides is 8. The van der Waals surface area contributed by atoms with Crippen molar-refractivity contribution in [2.75, 3.05) is 13.1 Å². The second kappa shape index (κ2) is 22.7. The van der Waals surface area contributed by atoms with Gasteiger partial charge in [0.05, 0.1) is 23.5 Å². The van der Waals surface area contributed by atoms with Crippen LogP contribution in [0.5, 0.6) is 0 Å². The molecule has 8 rings (SSSR count). The maximum Gasteiger partial charge on any atom is 0.246 e. The van der Waals surface area contributed by atoms with E-state index in [9.17, 15) is 28.8 Å². The molecule has 1 aliphatic carbocycles. The number of nitrogens with zero attached hydrogens (tertiary/aromatic N) is 4. The number of aromatic amines is 1. The number of aromatic nitrogens is 4. The Morgan fingerprint density at radius 2 is 1.51 bits per heavy atom. The number of hydrogen-bond donors (Lipinski definition) is 8. The SMILES string of the molecule is NC(=O)CC1NC(=O)CCC(=O)NCCCC[C@@H](C(N)=O)NC(=O)[C@H](Cc2c[nH]c3ccccc23)NC(=O)[C@@H]2C[C@H](n3cc(-c4ccc(-c5cccs5)s4)nn3)CN2C(=O)[C@H](C2CCCCC2)NC1=O. The fraction of sp³-hybridized carbons (Fsp3) is 0.458. The molecule has 1 unspecified atom stereocenters. The zero-order valence-electron chi connectivity index (χ0n) is 38.5. The Kier molecular flexibility index (Phi) is 16.0. The third-order valence-corrected chi connectivity index (χ3v) is 15.5. The normalized spacial score (nSPS) is 24.3. The summed E-state index contributed by atoms with van der Waals surface area (Å²) in [5.41, 5.74) is 13.5. The van der Waals surface area contributed by atoms with Crippen LogP contribution in [0.3, 0.4) is 0 Å². The average molecular weight is 995 g/mol. The van der Waals surface area contributed by atoms with Gasteiger partial charge in [-0.25, -0.2) is 4.68 Å². The maximum absolute atomic E-state index is 15.3. The number of para-hydroxylation sites is 1. The van der Waals surface area contributed by atoms with Crippen LogP contribution in [-0.2, 0) is 44.8 Å². The predicted octanol–water partition coefficient (Wildman–Crippen LogP) is 2.56. The van der Waals surface area contributed by atoms with Crippen molar-refractivity contribution < 1.29 is 38.4 Å². The maximum atomic E-state index is 15.3. The second-order valence-electron chi connectivity index (χ2n) is 18.2. The van der Waals surface area contributed by atoms with Crippen LogP contribution in [0.4, 0.5) is 0 Å². The molecule has 5 aromatic rings. The molecule has 20 nitrogen and oxygen atoms in total. The smallest absolute Gasteiger partial charge is 0.246 e. The van der Waals surface area contributed by atoms with Gasteiger partial charge in [-0.2, -0.15) is 0 Å². The first kappa shape index (κ1) is 49.5. The molecule has 0 radical (unpaired) electrons. The van der Waals surface area contributed by atoms with Crippen molar-refractivity contribution in [3.63, 3.8) is 0 Å². The average Bonchev–Trinajstić information content (AvgIpc) is 4.21. The van der Waals surface area contributed by atoms with Gasteiger partial charge in [-0.05, 0) is 73.2 Å². The number of nitrogens with two attached hydrogens (primary N) is 2. The molecule has 22 heteroatoms. The first-order chi connectivity index (χ1) is 33.8. The summed E-state index contributed by atoms with van der Waals surface area (Å²) < 4.78 is 1.63. The summed E-state index contributed by atoms with van der Waals surface area (Å²) >= 11 is 3.18. The van der Waals surface area contributed by atoms with Crippen molar-refractivity contribution in [3.8, 4) is 20.3 Å². The lowest BCUT2D eigenvalue weighted by atomic mass is 9.83. The fourth-order valence-corrected chi connectivity index (χ4v) is 11.4. The third-order valence-electron chi connectivity index (χ3n) is 13.3. The molecule has 8 amide bonds. The summed E-state index contributed by atoms with van der Waals surface area (Å²) in [6.45, 7) is 0.165. The van der Waals surface area contributed by atoms with E-state index in [1.807, 2.05) is 53.9 Å². The van der Waals surface area contributed by atoms with Crippen molar-refractivity contribution in [1.82, 2.24) is 51.5 Å². The summed E-state index contributed by atoms with van der Waals surface area (Å²) in [6.07, 6.45) is 6.96. The zero-order valence-corrected chi connectivity index (χ0v) is 40.2. The Hall–Kier alpha value is -6.94. The van der Waals surface area contributed by atoms with Gasteiger partial charge in [-0.3, -0.25) is 38.4 Å². The number of carbonyl (C=O) groups excluding carboxylic acids is 8. The second-order valence-corrected chi connectivity index (χ2v) is 20.3. The lowest BCUT2D eigenvalue weighted by molar-refractivity contribution is -0.144. The number of thiophene rings is 2. The van der Waals surface area contributed by atoms with Crippen LogP contribution in [0.15, 0.2) is 66.3 Å². The van der Waals surface area contributed by atoms with Crippen molar-refractivity contribution >= 4 is 80.8 Å². The van der Waals surface area contributed by atoms with Crippen LogP contribution < -0.4 is 38.1 Å². The van der Waals surface area contributed by atoms with E-state index >= 15 is 9.59 Å². The minimum atomic E-state index is -1.47. The third kappa shape index (κ3) is 12.1. The van der Waals surface area contributed by atoms with Crippen molar-refractivity contribution in [2.45, 2.75) is 120 Å². The Labute approximate surface area is 411 Å². The number of nitrogens with one attached hydrogen (secondary N) is 6. The Bertz CT molecular complexity index is 2710. The highest BCUT2D eigenvalue weighted by Crippen LogP contribution is 2.37. The highest BCUT2D eigenvalue weighted by atomic mass is 32.1. The van der Waals surface area contributed by atoms with Gasteiger partial charge in [0.15, 0.2) is 0 Å². The number of primary amides is 2. The number of benzene rings is 1. The molecule has 0 spiro atoms. The van der Waals surface area contributed by atoms with Gasteiger partial charge in [-0.15, -0.1) is 27.8 Å². The molecular formula is C48H58N12O8S2. The van der Waals surface area contributed by atoms with Gasteiger partial charge in [0.2, 0.25) is 47.3 Å². The molecule has 0 bridgehead atoms. The highest BCUT2D eigenvalue weighted by Gasteiger charge is 2.46. The van der Waals surface area contributed by atoms with Crippen LogP contribution in [-0.4, -0.2) is 115 Å². The number of rotatable bonds is 9. The first-order valence-electron chi connectivity index (χ1n) is 23.8. The molecular weight excluding hydrogens is 937 g/mol. The molecule has 370 valence electrons. The van der Waals surface area contributed by atoms with E-state index in [0.29, 0.717) is 36.9 Å². The lowest BCUT2D eigenvalue weighted by Gasteiger charge is -2.35. The molecule has 4 aromatic heterocycles. The molecule has 2 saturated heterocycles. The summed E-state index contributed by atoms with van der Waals surface area (Å²) in [6, 6.07) is 8.67. The minimum Gasteiger partial charge on any atom is -0.370 e. The van der Waals surface area contributed by atoms with E-state index in [2.05, 4.69) is 41.9 Å². The Morgan fingerprint density at radius 1 is 0.757 bits per heavy atom. The monoisotopic (exact) mass is 994 g/mol. The molecule has 1 aromatic carbocycles. The van der Waals surface area contributed by atoms with Gasteiger partial charge >= 0.3 is 0 Å². The fourth-order valence-electron chi connectivity index (χ4n) is 9.62. The van der Waals surface area contributed by atoms with Gasteiger partial charge in [0, 0.05) is 65.6 Å². The largest absolute Gasteiger partial charge is 0.370 e. The van der Waals surface area contributed by atoms with Crippen LogP contribution in [0.1, 0.15) is 88.7 Å². The van der Waals surface area contributed by atoms with Crippen LogP contribution in [0.25, 0.3) is 31.2 Å². The number of H-pyrrole nitrogens is 1. The van der Waals surface area contributed by atoms with E-state index in [-0.39, 0.29) is 51.1 Å². The molecule has 1 saturated carbocycles.